The van der Waals surface area contributed by atoms with Crippen LogP contribution < -0.4 is 5.32 Å². The minimum Gasteiger partial charge on any atom is -0.465 e. The Kier molecular flexibility index (Phi) is 7.12. The maximum atomic E-state index is 13.6. The van der Waals surface area contributed by atoms with Crippen LogP contribution in [0.1, 0.15) is 43.5 Å². The number of carbonyl (C=O) groups is 1. The van der Waals surface area contributed by atoms with Gasteiger partial charge in [-0.05, 0) is 51.0 Å². The smallest absolute Gasteiger partial charge is 0.324 e. The Morgan fingerprint density at radius 3 is 1.94 bits per heavy atom. The summed E-state index contributed by atoms with van der Waals surface area (Å²) in [5.41, 5.74) is 2.15. The van der Waals surface area contributed by atoms with Crippen molar-refractivity contribution in [2.24, 2.45) is 0 Å². The van der Waals surface area contributed by atoms with E-state index in [2.05, 4.69) is 5.32 Å². The van der Waals surface area contributed by atoms with Crippen molar-refractivity contribution in [3.8, 4) is 0 Å². The standard InChI is InChI=1S/C28H32N2O4S/c1-5-34-27(31)25(29-24(21-12-8-6-9-13-21)22-14-10-7-11-15-22)26-28(3,4)30(26)35(32,33)23-18-16-20(2)17-19-23/h6-19,24-26,29H,5H2,1-4H3/t25-,26+,30?/m0/s1. The van der Waals surface area contributed by atoms with E-state index in [4.69, 9.17) is 4.74 Å². The average Bonchev–Trinajstić information content (AvgIpc) is 3.43. The van der Waals surface area contributed by atoms with Gasteiger partial charge in [-0.1, -0.05) is 78.4 Å². The van der Waals surface area contributed by atoms with Gasteiger partial charge in [0, 0.05) is 5.54 Å². The van der Waals surface area contributed by atoms with Crippen LogP contribution >= 0.6 is 0 Å². The molecule has 0 aromatic heterocycles. The van der Waals surface area contributed by atoms with Crippen LogP contribution in [-0.4, -0.2) is 42.9 Å². The molecule has 7 heteroatoms. The van der Waals surface area contributed by atoms with Crippen LogP contribution in [0.3, 0.4) is 0 Å². The average molecular weight is 493 g/mol. The van der Waals surface area contributed by atoms with Crippen molar-refractivity contribution in [3.05, 3.63) is 102 Å². The van der Waals surface area contributed by atoms with Gasteiger partial charge >= 0.3 is 5.97 Å². The molecule has 1 unspecified atom stereocenters. The van der Waals surface area contributed by atoms with E-state index in [0.29, 0.717) is 0 Å². The molecule has 0 spiro atoms. The maximum Gasteiger partial charge on any atom is 0.324 e. The number of hydrogen-bond donors (Lipinski definition) is 1. The predicted octanol–water partition coefficient (Wildman–Crippen LogP) is 4.46. The zero-order chi connectivity index (χ0) is 25.2. The van der Waals surface area contributed by atoms with Crippen LogP contribution in [0.4, 0.5) is 0 Å². The van der Waals surface area contributed by atoms with Crippen LogP contribution in [0.15, 0.2) is 89.8 Å². The zero-order valence-corrected chi connectivity index (χ0v) is 21.3. The summed E-state index contributed by atoms with van der Waals surface area (Å²) >= 11 is 0. The van der Waals surface area contributed by atoms with Gasteiger partial charge in [-0.15, -0.1) is 0 Å². The second-order valence-corrected chi connectivity index (χ2v) is 11.2. The summed E-state index contributed by atoms with van der Waals surface area (Å²) in [7, 11) is -3.81. The molecule has 0 saturated carbocycles. The Morgan fingerprint density at radius 2 is 1.46 bits per heavy atom. The molecule has 1 heterocycles. The summed E-state index contributed by atoms with van der Waals surface area (Å²) in [6, 6.07) is 24.6. The van der Waals surface area contributed by atoms with Gasteiger partial charge in [0.2, 0.25) is 10.0 Å². The monoisotopic (exact) mass is 492 g/mol. The van der Waals surface area contributed by atoms with Crippen LogP contribution in [-0.2, 0) is 19.6 Å². The molecular formula is C28H32N2O4S. The highest BCUT2D eigenvalue weighted by atomic mass is 32.2. The molecule has 1 aliphatic rings. The van der Waals surface area contributed by atoms with Crippen LogP contribution in [0.5, 0.6) is 0 Å². The molecule has 0 aliphatic carbocycles. The first-order valence-corrected chi connectivity index (χ1v) is 13.3. The number of carbonyl (C=O) groups excluding carboxylic acids is 1. The third-order valence-corrected chi connectivity index (χ3v) is 8.61. The lowest BCUT2D eigenvalue weighted by molar-refractivity contribution is -0.146. The van der Waals surface area contributed by atoms with E-state index < -0.39 is 33.6 Å². The first kappa shape index (κ1) is 25.1. The molecule has 0 radical (unpaired) electrons. The largest absolute Gasteiger partial charge is 0.465 e. The lowest BCUT2D eigenvalue weighted by Crippen LogP contribution is -2.47. The molecule has 4 rings (SSSR count). The van der Waals surface area contributed by atoms with Gasteiger partial charge in [-0.3, -0.25) is 10.1 Å². The van der Waals surface area contributed by atoms with Crippen molar-refractivity contribution in [2.75, 3.05) is 6.61 Å². The Morgan fingerprint density at radius 1 is 0.943 bits per heavy atom. The Bertz CT molecular complexity index is 1220. The first-order chi connectivity index (χ1) is 16.7. The number of benzene rings is 3. The minimum absolute atomic E-state index is 0.205. The van der Waals surface area contributed by atoms with Crippen LogP contribution in [0.25, 0.3) is 0 Å². The molecule has 0 amide bonds. The number of ether oxygens (including phenoxy) is 1. The highest BCUT2D eigenvalue weighted by molar-refractivity contribution is 7.89. The highest BCUT2D eigenvalue weighted by Crippen LogP contribution is 2.48. The Hall–Kier alpha value is -3.00. The summed E-state index contributed by atoms with van der Waals surface area (Å²) in [4.78, 5) is 13.5. The van der Waals surface area contributed by atoms with Crippen molar-refractivity contribution in [3.63, 3.8) is 0 Å². The molecule has 1 aliphatic heterocycles. The normalized spacial score (nSPS) is 19.8. The Labute approximate surface area is 208 Å². The van der Waals surface area contributed by atoms with E-state index in [-0.39, 0.29) is 17.5 Å². The van der Waals surface area contributed by atoms with Crippen molar-refractivity contribution < 1.29 is 17.9 Å². The van der Waals surface area contributed by atoms with Gasteiger partial charge in [0.1, 0.15) is 6.04 Å². The fourth-order valence-corrected chi connectivity index (χ4v) is 6.75. The van der Waals surface area contributed by atoms with E-state index in [1.165, 1.54) is 4.31 Å². The molecule has 1 N–H and O–H groups in total. The van der Waals surface area contributed by atoms with Crippen LogP contribution in [0.2, 0.25) is 0 Å². The van der Waals surface area contributed by atoms with Crippen molar-refractivity contribution in [1.82, 2.24) is 9.62 Å². The number of rotatable bonds is 9. The fraction of sp³-hybridized carbons (Fsp3) is 0.321. The zero-order valence-electron chi connectivity index (χ0n) is 20.5. The second-order valence-electron chi connectivity index (χ2n) is 9.36. The number of hydrogen-bond acceptors (Lipinski definition) is 5. The predicted molar refractivity (Wildman–Crippen MR) is 136 cm³/mol. The number of nitrogens with one attached hydrogen (secondary N) is 1. The fourth-order valence-electron chi connectivity index (χ4n) is 4.68. The van der Waals surface area contributed by atoms with Gasteiger partial charge in [-0.2, -0.15) is 4.31 Å². The molecule has 6 nitrogen and oxygen atoms in total. The maximum absolute atomic E-state index is 13.6. The summed E-state index contributed by atoms with van der Waals surface area (Å²) in [5.74, 6) is -0.468. The molecule has 3 aromatic carbocycles. The van der Waals surface area contributed by atoms with Gasteiger partial charge in [0.05, 0.1) is 23.6 Å². The van der Waals surface area contributed by atoms with E-state index in [9.17, 15) is 13.2 Å². The lowest BCUT2D eigenvalue weighted by atomic mass is 9.96. The quantitative estimate of drug-likeness (QED) is 0.353. The molecule has 1 saturated heterocycles. The van der Waals surface area contributed by atoms with Gasteiger partial charge < -0.3 is 4.74 Å². The second kappa shape index (κ2) is 9.93. The summed E-state index contributed by atoms with van der Waals surface area (Å²) in [5, 5.41) is 3.47. The van der Waals surface area contributed by atoms with E-state index in [1.54, 1.807) is 31.2 Å². The molecule has 3 aromatic rings. The third-order valence-electron chi connectivity index (χ3n) is 6.52. The SMILES string of the molecule is CCOC(=O)[C@@H](NC(c1ccccc1)c1ccccc1)[C@H]1N(S(=O)(=O)c2ccc(C)cc2)C1(C)C. The van der Waals surface area contributed by atoms with E-state index in [1.807, 2.05) is 81.4 Å². The first-order valence-electron chi connectivity index (χ1n) is 11.8. The topological polar surface area (TPSA) is 75.5 Å². The molecule has 35 heavy (non-hydrogen) atoms. The number of nitrogens with zero attached hydrogens (tertiary/aromatic N) is 1. The van der Waals surface area contributed by atoms with E-state index >= 15 is 0 Å². The molecule has 184 valence electrons. The highest BCUT2D eigenvalue weighted by Gasteiger charge is 2.67. The molecule has 0 bridgehead atoms. The van der Waals surface area contributed by atoms with Crippen molar-refractivity contribution >= 4 is 16.0 Å². The number of aryl methyl sites for hydroxylation is 1. The molecule has 1 fully saturated rings. The summed E-state index contributed by atoms with van der Waals surface area (Å²) in [6.45, 7) is 7.55. The van der Waals surface area contributed by atoms with Crippen molar-refractivity contribution in [2.45, 2.75) is 56.3 Å². The van der Waals surface area contributed by atoms with Crippen molar-refractivity contribution in [1.29, 1.82) is 0 Å². The van der Waals surface area contributed by atoms with Gasteiger partial charge in [0.15, 0.2) is 0 Å². The summed E-state index contributed by atoms with van der Waals surface area (Å²) in [6.07, 6.45) is 0. The molecular weight excluding hydrogens is 460 g/mol. The van der Waals surface area contributed by atoms with Gasteiger partial charge in [-0.25, -0.2) is 8.42 Å². The Balaban J connectivity index is 1.72. The van der Waals surface area contributed by atoms with E-state index in [0.717, 1.165) is 16.7 Å². The minimum atomic E-state index is -3.81. The lowest BCUT2D eigenvalue weighted by Gasteiger charge is -2.26. The number of sulfonamides is 1. The number of esters is 1. The van der Waals surface area contributed by atoms with Gasteiger partial charge in [0.25, 0.3) is 0 Å². The van der Waals surface area contributed by atoms with Crippen LogP contribution in [0, 0.1) is 6.92 Å². The molecule has 3 atom stereocenters. The summed E-state index contributed by atoms with van der Waals surface area (Å²) < 4.78 is 34.0. The third kappa shape index (κ3) is 5.03.